The summed E-state index contributed by atoms with van der Waals surface area (Å²) >= 11 is 4.77. The molecule has 1 aliphatic heterocycles. The lowest BCUT2D eigenvalue weighted by atomic mass is 10.0. The van der Waals surface area contributed by atoms with Gasteiger partial charge < -0.3 is 10.4 Å². The molecule has 3 N–H and O–H groups in total. The average molecular weight is 444 g/mol. The highest BCUT2D eigenvalue weighted by Gasteiger charge is 2.37. The van der Waals surface area contributed by atoms with Gasteiger partial charge in [-0.15, -0.1) is 6.58 Å². The second-order valence-electron chi connectivity index (χ2n) is 5.96. The number of aromatic nitrogens is 3. The number of aromatic amines is 1. The smallest absolute Gasteiger partial charge is 0.325 e. The van der Waals surface area contributed by atoms with Crippen molar-refractivity contribution in [2.75, 3.05) is 11.1 Å². The molecule has 0 fully saturated rings. The van der Waals surface area contributed by atoms with Crippen LogP contribution in [-0.4, -0.2) is 20.9 Å². The topological polar surface area (TPSA) is 81.9 Å². The second-order valence-corrected chi connectivity index (χ2v) is 7.82. The van der Waals surface area contributed by atoms with E-state index in [4.69, 9.17) is 0 Å². The number of H-pyrrole nitrogens is 1. The zero-order valence-corrected chi connectivity index (χ0v) is 16.5. The molecule has 0 saturated carbocycles. The van der Waals surface area contributed by atoms with Crippen molar-refractivity contribution in [1.29, 1.82) is 0 Å². The van der Waals surface area contributed by atoms with Gasteiger partial charge in [-0.1, -0.05) is 30.0 Å². The van der Waals surface area contributed by atoms with Crippen molar-refractivity contribution in [1.82, 2.24) is 10.1 Å². The molecule has 0 unspecified atom stereocenters. The van der Waals surface area contributed by atoms with E-state index in [0.717, 1.165) is 16.8 Å². The van der Waals surface area contributed by atoms with Crippen molar-refractivity contribution in [3.63, 3.8) is 0 Å². The number of thioether (sulfide) groups is 1. The van der Waals surface area contributed by atoms with Crippen LogP contribution in [0.5, 0.6) is 5.75 Å². The number of rotatable bonds is 4. The minimum absolute atomic E-state index is 0.154. The van der Waals surface area contributed by atoms with Gasteiger partial charge in [0.15, 0.2) is 0 Å². The molecule has 27 heavy (non-hydrogen) atoms. The summed E-state index contributed by atoms with van der Waals surface area (Å²) < 4.78 is 2.28. The summed E-state index contributed by atoms with van der Waals surface area (Å²) in [6.45, 7) is 3.71. The fraction of sp³-hybridized carbons (Fsp3) is 0.105. The number of phenolic OH excluding ortho intramolecular Hbond substituents is 1. The molecule has 0 amide bonds. The van der Waals surface area contributed by atoms with Crippen molar-refractivity contribution in [2.24, 2.45) is 0 Å². The normalized spacial score (nSPS) is 14.8. The van der Waals surface area contributed by atoms with Gasteiger partial charge in [0, 0.05) is 16.4 Å². The molecule has 8 heteroatoms. The number of phenols is 1. The van der Waals surface area contributed by atoms with Crippen LogP contribution in [-0.2, 0) is 0 Å². The number of nitrogens with zero attached hydrogens (tertiary/aromatic N) is 2. The molecule has 1 atom stereocenters. The highest BCUT2D eigenvalue weighted by atomic mass is 79.9. The lowest BCUT2D eigenvalue weighted by Gasteiger charge is -2.22. The minimum Gasteiger partial charge on any atom is -0.507 e. The Morgan fingerprint density at radius 1 is 1.33 bits per heavy atom. The van der Waals surface area contributed by atoms with E-state index < -0.39 is 6.17 Å². The highest BCUT2D eigenvalue weighted by Crippen LogP contribution is 2.33. The Balaban J connectivity index is 1.93. The molecule has 0 saturated heterocycles. The number of para-hydroxylation sites is 1. The Hall–Kier alpha value is -2.58. The second kappa shape index (κ2) is 7.21. The third-order valence-corrected chi connectivity index (χ3v) is 5.70. The summed E-state index contributed by atoms with van der Waals surface area (Å²) in [4.78, 5) is 15.7. The number of hydrogen-bond acceptors (Lipinski definition) is 5. The Labute approximate surface area is 168 Å². The van der Waals surface area contributed by atoms with E-state index in [9.17, 15) is 9.90 Å². The van der Waals surface area contributed by atoms with E-state index in [2.05, 4.69) is 37.9 Å². The maximum Gasteiger partial charge on any atom is 0.325 e. The van der Waals surface area contributed by atoms with Crippen molar-refractivity contribution in [3.05, 3.63) is 75.5 Å². The summed E-state index contributed by atoms with van der Waals surface area (Å²) in [5.74, 6) is 0.795. The Morgan fingerprint density at radius 2 is 2.15 bits per heavy atom. The van der Waals surface area contributed by atoms with E-state index in [1.165, 1.54) is 11.8 Å². The van der Waals surface area contributed by atoms with E-state index in [0.29, 0.717) is 21.1 Å². The summed E-state index contributed by atoms with van der Waals surface area (Å²) in [6.07, 6.45) is 1.37. The number of nitrogens with one attached hydrogen (secondary N) is 2. The summed E-state index contributed by atoms with van der Waals surface area (Å²) in [7, 11) is 0. The number of benzene rings is 2. The summed E-state index contributed by atoms with van der Waals surface area (Å²) in [5.41, 5.74) is 2.79. The number of hydrogen-bond donors (Lipinski definition) is 3. The highest BCUT2D eigenvalue weighted by molar-refractivity contribution is 9.10. The molecule has 0 radical (unpaired) electrons. The van der Waals surface area contributed by atoms with E-state index in [1.54, 1.807) is 16.8 Å². The molecule has 1 aromatic heterocycles. The molecular formula is C19H16BrN4O2S+. The third-order valence-electron chi connectivity index (χ3n) is 4.21. The van der Waals surface area contributed by atoms with Gasteiger partial charge in [0.25, 0.3) is 6.17 Å². The van der Waals surface area contributed by atoms with Gasteiger partial charge >= 0.3 is 11.3 Å². The van der Waals surface area contributed by atoms with Gasteiger partial charge in [-0.2, -0.15) is 0 Å². The summed E-state index contributed by atoms with van der Waals surface area (Å²) in [5, 5.41) is 18.4. The number of anilines is 1. The first-order valence-corrected chi connectivity index (χ1v) is 10.0. The third kappa shape index (κ3) is 3.26. The molecule has 136 valence electrons. The van der Waals surface area contributed by atoms with Crippen molar-refractivity contribution in [2.45, 2.75) is 11.3 Å². The molecule has 3 aromatic rings. The lowest BCUT2D eigenvalue weighted by Crippen LogP contribution is -2.55. The van der Waals surface area contributed by atoms with Crippen molar-refractivity contribution >= 4 is 33.4 Å². The van der Waals surface area contributed by atoms with Crippen molar-refractivity contribution in [3.8, 4) is 17.0 Å². The van der Waals surface area contributed by atoms with Crippen molar-refractivity contribution < 1.29 is 9.79 Å². The first-order valence-electron chi connectivity index (χ1n) is 8.22. The Morgan fingerprint density at radius 3 is 2.93 bits per heavy atom. The molecule has 4 rings (SSSR count). The average Bonchev–Trinajstić information content (AvgIpc) is 2.67. The van der Waals surface area contributed by atoms with Crippen LogP contribution >= 0.6 is 27.7 Å². The molecule has 0 aliphatic carbocycles. The molecule has 0 bridgehead atoms. The zero-order chi connectivity index (χ0) is 19.0. The van der Waals surface area contributed by atoms with Crippen LogP contribution < -0.4 is 15.6 Å². The van der Waals surface area contributed by atoms with Crippen LogP contribution in [0.4, 0.5) is 5.69 Å². The van der Waals surface area contributed by atoms with E-state index in [1.807, 2.05) is 36.4 Å². The van der Waals surface area contributed by atoms with Gasteiger partial charge in [0.2, 0.25) is 5.16 Å². The predicted octanol–water partition coefficient (Wildman–Crippen LogP) is 3.44. The predicted molar refractivity (Wildman–Crippen MR) is 109 cm³/mol. The number of aromatic hydroxyl groups is 1. The van der Waals surface area contributed by atoms with Gasteiger partial charge in [-0.3, -0.25) is 9.78 Å². The summed E-state index contributed by atoms with van der Waals surface area (Å²) in [6, 6.07) is 12.9. The SMILES string of the molecule is C=CCSc1n[n+]2c(c(=O)[nH]1)-c1ccccc1N[C@H]2c1ccc(O)c(Br)c1. The van der Waals surface area contributed by atoms with Crippen LogP contribution in [0.15, 0.2) is 69.5 Å². The van der Waals surface area contributed by atoms with Crippen LogP contribution in [0.25, 0.3) is 11.3 Å². The Bertz CT molecular complexity index is 1100. The lowest BCUT2D eigenvalue weighted by molar-refractivity contribution is -0.759. The van der Waals surface area contributed by atoms with Crippen LogP contribution in [0.1, 0.15) is 11.7 Å². The van der Waals surface area contributed by atoms with Crippen LogP contribution in [0.3, 0.4) is 0 Å². The van der Waals surface area contributed by atoms with Gasteiger partial charge in [-0.05, 0) is 50.9 Å². The standard InChI is InChI=1S/C19H15BrN4O2S/c1-2-9-27-19-22-18(26)16-12-5-3-4-6-14(12)21-17(24(16)23-19)11-7-8-15(25)13(20)10-11/h2-8,10,17H,1,9H2,(H2,22,23,25,26)/p+1/t17-/m1/s1. The molecule has 1 aliphatic rings. The maximum atomic E-state index is 12.9. The number of fused-ring (bicyclic) bond motifs is 3. The zero-order valence-electron chi connectivity index (χ0n) is 14.1. The van der Waals surface area contributed by atoms with E-state index in [-0.39, 0.29) is 11.3 Å². The van der Waals surface area contributed by atoms with Crippen LogP contribution in [0, 0.1) is 0 Å². The molecule has 6 nitrogen and oxygen atoms in total. The fourth-order valence-electron chi connectivity index (χ4n) is 3.01. The maximum absolute atomic E-state index is 12.9. The minimum atomic E-state index is -0.391. The molecular weight excluding hydrogens is 428 g/mol. The fourth-order valence-corrected chi connectivity index (χ4v) is 3.99. The quantitative estimate of drug-likeness (QED) is 0.326. The van der Waals surface area contributed by atoms with Crippen LogP contribution in [0.2, 0.25) is 0 Å². The first-order chi connectivity index (χ1) is 13.1. The van der Waals surface area contributed by atoms with E-state index >= 15 is 0 Å². The monoisotopic (exact) mass is 443 g/mol. The van der Waals surface area contributed by atoms with Gasteiger partial charge in [-0.25, -0.2) is 0 Å². The molecule has 2 heterocycles. The number of halogens is 1. The largest absolute Gasteiger partial charge is 0.507 e. The van der Waals surface area contributed by atoms with Gasteiger partial charge in [0.05, 0.1) is 15.7 Å². The molecule has 2 aromatic carbocycles. The van der Waals surface area contributed by atoms with Gasteiger partial charge in [0.1, 0.15) is 5.75 Å². The first kappa shape index (κ1) is 17.8. The Kier molecular flexibility index (Phi) is 4.75. The molecule has 0 spiro atoms.